The predicted molar refractivity (Wildman–Crippen MR) is 84.1 cm³/mol. The molecule has 2 rings (SSSR count). The summed E-state index contributed by atoms with van der Waals surface area (Å²) in [7, 11) is 0. The number of fused-ring (bicyclic) bond motifs is 1. The molecule has 0 bridgehead atoms. The fourth-order valence-corrected chi connectivity index (χ4v) is 2.43. The van der Waals surface area contributed by atoms with Crippen molar-refractivity contribution >= 4 is 6.08 Å². The lowest BCUT2D eigenvalue weighted by Gasteiger charge is -2.38. The zero-order chi connectivity index (χ0) is 14.9. The van der Waals surface area contributed by atoms with E-state index in [1.165, 1.54) is 11.1 Å². The first-order valence-corrected chi connectivity index (χ1v) is 7.12. The van der Waals surface area contributed by atoms with Crippen LogP contribution < -0.4 is 4.74 Å². The minimum absolute atomic E-state index is 0.480. The number of hydrogen-bond donors (Lipinski definition) is 1. The van der Waals surface area contributed by atoms with Crippen LogP contribution in [0.4, 0.5) is 0 Å². The van der Waals surface area contributed by atoms with Crippen LogP contribution in [0.3, 0.4) is 0 Å². The van der Waals surface area contributed by atoms with Crippen LogP contribution >= 0.6 is 0 Å². The van der Waals surface area contributed by atoms with Crippen molar-refractivity contribution in [3.8, 4) is 5.75 Å². The Morgan fingerprint density at radius 3 is 2.75 bits per heavy atom. The van der Waals surface area contributed by atoms with Gasteiger partial charge >= 0.3 is 0 Å². The van der Waals surface area contributed by atoms with Crippen LogP contribution in [0.1, 0.15) is 44.4 Å². The molecule has 108 valence electrons. The van der Waals surface area contributed by atoms with Crippen LogP contribution in [0.5, 0.6) is 5.75 Å². The highest BCUT2D eigenvalue weighted by atomic mass is 16.5. The molecule has 0 amide bonds. The molecule has 0 fully saturated rings. The summed E-state index contributed by atoms with van der Waals surface area (Å²) in [6.07, 6.45) is 5.04. The van der Waals surface area contributed by atoms with Crippen LogP contribution in [0.2, 0.25) is 0 Å². The Balaban J connectivity index is 2.49. The van der Waals surface area contributed by atoms with Crippen LogP contribution in [-0.2, 0) is 12.8 Å². The van der Waals surface area contributed by atoms with E-state index >= 15 is 0 Å². The van der Waals surface area contributed by atoms with E-state index in [4.69, 9.17) is 4.74 Å². The maximum absolute atomic E-state index is 10.2. The first kappa shape index (κ1) is 14.9. The molecule has 1 N–H and O–H groups in total. The highest BCUT2D eigenvalue weighted by molar-refractivity contribution is 5.57. The van der Waals surface area contributed by atoms with Crippen LogP contribution in [-0.4, -0.2) is 16.8 Å². The molecule has 1 aromatic carbocycles. The molecule has 2 nitrogen and oxygen atoms in total. The predicted octanol–water partition coefficient (Wildman–Crippen LogP) is 3.91. The van der Waals surface area contributed by atoms with Gasteiger partial charge in [0.05, 0.1) is 6.10 Å². The SMILES string of the molecule is C=Cc1cc(CC=C(C)C)c2c(c1)CC(O)C(C)(C)O2. The van der Waals surface area contributed by atoms with Gasteiger partial charge in [-0.15, -0.1) is 0 Å². The lowest BCUT2D eigenvalue weighted by Crippen LogP contribution is -2.46. The number of aliphatic hydroxyl groups is 1. The fraction of sp³-hybridized carbons (Fsp3) is 0.444. The molecule has 0 radical (unpaired) electrons. The molecule has 1 atom stereocenters. The zero-order valence-electron chi connectivity index (χ0n) is 12.9. The van der Waals surface area contributed by atoms with E-state index in [1.54, 1.807) is 0 Å². The maximum Gasteiger partial charge on any atom is 0.129 e. The molecule has 1 heterocycles. The Hall–Kier alpha value is -1.54. The van der Waals surface area contributed by atoms with E-state index in [0.717, 1.165) is 23.3 Å². The largest absolute Gasteiger partial charge is 0.485 e. The molecular weight excluding hydrogens is 248 g/mol. The molecule has 1 aliphatic heterocycles. The molecule has 0 aromatic heterocycles. The summed E-state index contributed by atoms with van der Waals surface area (Å²) in [4.78, 5) is 0. The second-order valence-corrected chi connectivity index (χ2v) is 6.28. The van der Waals surface area contributed by atoms with E-state index in [9.17, 15) is 5.11 Å². The van der Waals surface area contributed by atoms with Crippen LogP contribution in [0, 0.1) is 0 Å². The van der Waals surface area contributed by atoms with Crippen LogP contribution in [0.25, 0.3) is 6.08 Å². The smallest absolute Gasteiger partial charge is 0.129 e. The van der Waals surface area contributed by atoms with Crippen molar-refractivity contribution in [3.05, 3.63) is 47.1 Å². The third-order valence-electron chi connectivity index (χ3n) is 3.81. The van der Waals surface area contributed by atoms with E-state index < -0.39 is 11.7 Å². The number of benzene rings is 1. The van der Waals surface area contributed by atoms with Gasteiger partial charge in [0.2, 0.25) is 0 Å². The van der Waals surface area contributed by atoms with Crippen molar-refractivity contribution in [1.29, 1.82) is 0 Å². The topological polar surface area (TPSA) is 29.5 Å². The standard InChI is InChI=1S/C18H24O2/c1-6-13-9-14(8-7-12(2)3)17-15(10-13)11-16(19)18(4,5)20-17/h6-7,9-10,16,19H,1,8,11H2,2-5H3. The fourth-order valence-electron chi connectivity index (χ4n) is 2.43. The Morgan fingerprint density at radius 1 is 1.45 bits per heavy atom. The molecule has 20 heavy (non-hydrogen) atoms. The van der Waals surface area contributed by atoms with E-state index in [0.29, 0.717) is 6.42 Å². The van der Waals surface area contributed by atoms with Gasteiger partial charge in [-0.3, -0.25) is 0 Å². The van der Waals surface area contributed by atoms with Gasteiger partial charge in [-0.1, -0.05) is 24.3 Å². The third kappa shape index (κ3) is 2.96. The van der Waals surface area contributed by atoms with Crippen molar-refractivity contribution in [2.24, 2.45) is 0 Å². The van der Waals surface area contributed by atoms with Crippen molar-refractivity contribution in [1.82, 2.24) is 0 Å². The van der Waals surface area contributed by atoms with Crippen molar-refractivity contribution in [2.75, 3.05) is 0 Å². The Labute approximate surface area is 121 Å². The minimum Gasteiger partial charge on any atom is -0.485 e. The van der Waals surface area contributed by atoms with Gasteiger partial charge < -0.3 is 9.84 Å². The summed E-state index contributed by atoms with van der Waals surface area (Å²) < 4.78 is 6.08. The van der Waals surface area contributed by atoms with Crippen molar-refractivity contribution in [2.45, 2.75) is 52.2 Å². The van der Waals surface area contributed by atoms with Gasteiger partial charge in [0.25, 0.3) is 0 Å². The monoisotopic (exact) mass is 272 g/mol. The summed E-state index contributed by atoms with van der Waals surface area (Å²) in [5.41, 5.74) is 4.07. The summed E-state index contributed by atoms with van der Waals surface area (Å²) in [6.45, 7) is 11.9. The number of ether oxygens (including phenoxy) is 1. The molecule has 0 aliphatic carbocycles. The number of aliphatic hydroxyl groups excluding tert-OH is 1. The normalized spacial score (nSPS) is 19.8. The van der Waals surface area contributed by atoms with Gasteiger partial charge in [-0.05, 0) is 62.9 Å². The minimum atomic E-state index is -0.539. The quantitative estimate of drug-likeness (QED) is 0.845. The van der Waals surface area contributed by atoms with Gasteiger partial charge in [0, 0.05) is 6.42 Å². The number of allylic oxidation sites excluding steroid dienone is 2. The first-order chi connectivity index (χ1) is 9.33. The highest BCUT2D eigenvalue weighted by Gasteiger charge is 2.36. The second kappa shape index (κ2) is 5.45. The number of hydrogen-bond acceptors (Lipinski definition) is 2. The first-order valence-electron chi connectivity index (χ1n) is 7.12. The van der Waals surface area contributed by atoms with E-state index in [2.05, 4.69) is 38.6 Å². The Morgan fingerprint density at radius 2 is 2.15 bits per heavy atom. The Kier molecular flexibility index (Phi) is 4.05. The summed E-state index contributed by atoms with van der Waals surface area (Å²) in [6, 6.07) is 4.19. The van der Waals surface area contributed by atoms with E-state index in [-0.39, 0.29) is 0 Å². The molecule has 0 spiro atoms. The maximum atomic E-state index is 10.2. The average Bonchev–Trinajstić information content (AvgIpc) is 2.37. The molecular formula is C18H24O2. The zero-order valence-corrected chi connectivity index (χ0v) is 12.9. The lowest BCUT2D eigenvalue weighted by atomic mass is 9.88. The van der Waals surface area contributed by atoms with Gasteiger partial charge in [-0.2, -0.15) is 0 Å². The van der Waals surface area contributed by atoms with Gasteiger partial charge in [0.15, 0.2) is 0 Å². The molecule has 1 unspecified atom stereocenters. The number of rotatable bonds is 3. The van der Waals surface area contributed by atoms with E-state index in [1.807, 2.05) is 19.9 Å². The molecule has 2 heteroatoms. The molecule has 0 saturated carbocycles. The molecule has 1 aliphatic rings. The second-order valence-electron chi connectivity index (χ2n) is 6.28. The highest BCUT2D eigenvalue weighted by Crippen LogP contribution is 2.37. The average molecular weight is 272 g/mol. The summed E-state index contributed by atoms with van der Waals surface area (Å²) >= 11 is 0. The summed E-state index contributed by atoms with van der Waals surface area (Å²) in [5.74, 6) is 0.934. The van der Waals surface area contributed by atoms with Crippen molar-refractivity contribution < 1.29 is 9.84 Å². The molecule has 0 saturated heterocycles. The Bertz CT molecular complexity index is 549. The van der Waals surface area contributed by atoms with Crippen LogP contribution in [0.15, 0.2) is 30.4 Å². The lowest BCUT2D eigenvalue weighted by molar-refractivity contribution is -0.0416. The summed E-state index contributed by atoms with van der Waals surface area (Å²) in [5, 5.41) is 10.2. The third-order valence-corrected chi connectivity index (χ3v) is 3.81. The van der Waals surface area contributed by atoms with Gasteiger partial charge in [-0.25, -0.2) is 0 Å². The van der Waals surface area contributed by atoms with Crippen molar-refractivity contribution in [3.63, 3.8) is 0 Å². The van der Waals surface area contributed by atoms with Gasteiger partial charge in [0.1, 0.15) is 11.4 Å². The molecule has 1 aromatic rings.